The van der Waals surface area contributed by atoms with Crippen molar-refractivity contribution in [1.29, 1.82) is 0 Å². The van der Waals surface area contributed by atoms with Crippen molar-refractivity contribution in [3.8, 4) is 5.75 Å². The monoisotopic (exact) mass is 339 g/mol. The zero-order valence-electron chi connectivity index (χ0n) is 12.7. The number of anilines is 1. The number of hydrogen-bond acceptors (Lipinski definition) is 4. The van der Waals surface area contributed by atoms with Crippen molar-refractivity contribution in [2.75, 3.05) is 11.9 Å². The number of amides is 2. The molecule has 2 aliphatic rings. The van der Waals surface area contributed by atoms with Crippen LogP contribution < -0.4 is 21.5 Å². The molecule has 5 N–H and O–H groups in total. The van der Waals surface area contributed by atoms with Crippen LogP contribution in [0.5, 0.6) is 5.75 Å². The van der Waals surface area contributed by atoms with Crippen LogP contribution >= 0.6 is 12.4 Å². The first-order valence-corrected chi connectivity index (χ1v) is 7.62. The van der Waals surface area contributed by atoms with Crippen LogP contribution in [0.3, 0.4) is 0 Å². The molecule has 0 radical (unpaired) electrons. The highest BCUT2D eigenvalue weighted by Crippen LogP contribution is 2.47. The molecule has 2 fully saturated rings. The van der Waals surface area contributed by atoms with Gasteiger partial charge in [0.05, 0.1) is 5.92 Å². The Hall–Kier alpha value is -1.79. The number of primary amides is 1. The molecule has 1 aromatic carbocycles. The van der Waals surface area contributed by atoms with Crippen molar-refractivity contribution >= 4 is 29.9 Å². The number of nitrogens with one attached hydrogen (secondary N) is 1. The minimum atomic E-state index is -0.525. The standard InChI is InChI=1S/C16H21N3O3.ClH/c17-13(20)8-22-12-5-3-11(4-6-12)19-16(21)14-9-1-2-10(7-9)15(14)18;/h3-6,9-10,14-15H,1-2,7-8,18H2,(H2,17,20)(H,19,21);1H. The molecular weight excluding hydrogens is 318 g/mol. The van der Waals surface area contributed by atoms with Crippen molar-refractivity contribution < 1.29 is 14.3 Å². The smallest absolute Gasteiger partial charge is 0.255 e. The van der Waals surface area contributed by atoms with Gasteiger partial charge in [-0.15, -0.1) is 12.4 Å². The first-order valence-electron chi connectivity index (χ1n) is 7.62. The first-order chi connectivity index (χ1) is 10.5. The molecule has 126 valence electrons. The average Bonchev–Trinajstić information content (AvgIpc) is 3.07. The van der Waals surface area contributed by atoms with Crippen LogP contribution in [0.2, 0.25) is 0 Å². The number of ether oxygens (including phenoxy) is 1. The first kappa shape index (κ1) is 17.6. The minimum Gasteiger partial charge on any atom is -0.484 e. The summed E-state index contributed by atoms with van der Waals surface area (Å²) in [6.07, 6.45) is 3.34. The molecule has 0 saturated heterocycles. The van der Waals surface area contributed by atoms with Gasteiger partial charge in [-0.2, -0.15) is 0 Å². The van der Waals surface area contributed by atoms with E-state index in [-0.39, 0.29) is 36.9 Å². The van der Waals surface area contributed by atoms with Crippen LogP contribution in [0.25, 0.3) is 0 Å². The number of rotatable bonds is 5. The summed E-state index contributed by atoms with van der Waals surface area (Å²) in [5.41, 5.74) is 11.9. The molecule has 4 atom stereocenters. The second-order valence-corrected chi connectivity index (χ2v) is 6.20. The van der Waals surface area contributed by atoms with E-state index in [9.17, 15) is 9.59 Å². The van der Waals surface area contributed by atoms with Gasteiger partial charge in [-0.05, 0) is 55.4 Å². The molecular formula is C16H22ClN3O3. The minimum absolute atomic E-state index is 0. The Morgan fingerprint density at radius 2 is 1.83 bits per heavy atom. The van der Waals surface area contributed by atoms with Crippen LogP contribution in [0, 0.1) is 17.8 Å². The van der Waals surface area contributed by atoms with E-state index in [4.69, 9.17) is 16.2 Å². The van der Waals surface area contributed by atoms with E-state index in [0.717, 1.165) is 19.3 Å². The number of carbonyl (C=O) groups is 2. The zero-order chi connectivity index (χ0) is 15.7. The quantitative estimate of drug-likeness (QED) is 0.751. The Morgan fingerprint density at radius 1 is 1.17 bits per heavy atom. The van der Waals surface area contributed by atoms with Crippen molar-refractivity contribution in [3.63, 3.8) is 0 Å². The van der Waals surface area contributed by atoms with Crippen molar-refractivity contribution in [3.05, 3.63) is 24.3 Å². The van der Waals surface area contributed by atoms with Gasteiger partial charge in [0.25, 0.3) is 5.91 Å². The third-order valence-corrected chi connectivity index (χ3v) is 4.79. The molecule has 1 aromatic rings. The van der Waals surface area contributed by atoms with Crippen molar-refractivity contribution in [2.45, 2.75) is 25.3 Å². The summed E-state index contributed by atoms with van der Waals surface area (Å²) in [4.78, 5) is 23.1. The molecule has 23 heavy (non-hydrogen) atoms. The second kappa shape index (κ2) is 7.19. The lowest BCUT2D eigenvalue weighted by Gasteiger charge is -2.27. The van der Waals surface area contributed by atoms with Crippen LogP contribution in [-0.4, -0.2) is 24.5 Å². The third-order valence-electron chi connectivity index (χ3n) is 4.79. The summed E-state index contributed by atoms with van der Waals surface area (Å²) < 4.78 is 5.18. The molecule has 0 aliphatic heterocycles. The number of hydrogen-bond donors (Lipinski definition) is 3. The lowest BCUT2D eigenvalue weighted by Crippen LogP contribution is -2.42. The van der Waals surface area contributed by atoms with Gasteiger partial charge < -0.3 is 21.5 Å². The van der Waals surface area contributed by atoms with Gasteiger partial charge >= 0.3 is 0 Å². The summed E-state index contributed by atoms with van der Waals surface area (Å²) in [6.45, 7) is -0.161. The summed E-state index contributed by atoms with van der Waals surface area (Å²) in [6, 6.07) is 6.86. The largest absolute Gasteiger partial charge is 0.484 e. The molecule has 2 amide bonds. The summed E-state index contributed by atoms with van der Waals surface area (Å²) in [5.74, 6) is 0.870. The van der Waals surface area contributed by atoms with E-state index in [2.05, 4.69) is 5.32 Å². The topological polar surface area (TPSA) is 107 Å². The Morgan fingerprint density at radius 3 is 2.39 bits per heavy atom. The number of fused-ring (bicyclic) bond motifs is 2. The maximum absolute atomic E-state index is 12.4. The lowest BCUT2D eigenvalue weighted by molar-refractivity contribution is -0.122. The van der Waals surface area contributed by atoms with Gasteiger partial charge in [-0.25, -0.2) is 0 Å². The van der Waals surface area contributed by atoms with Gasteiger partial charge in [-0.1, -0.05) is 0 Å². The van der Waals surface area contributed by atoms with E-state index in [1.54, 1.807) is 24.3 Å². The SMILES string of the molecule is Cl.NC(=O)COc1ccc(NC(=O)C2C3CCC(C3)C2N)cc1. The van der Waals surface area contributed by atoms with Crippen molar-refractivity contribution in [1.82, 2.24) is 0 Å². The highest BCUT2D eigenvalue weighted by atomic mass is 35.5. The van der Waals surface area contributed by atoms with E-state index in [0.29, 0.717) is 23.3 Å². The Kier molecular flexibility index (Phi) is 5.49. The van der Waals surface area contributed by atoms with E-state index >= 15 is 0 Å². The normalized spacial score (nSPS) is 28.0. The van der Waals surface area contributed by atoms with Gasteiger partial charge in [0.1, 0.15) is 5.75 Å². The molecule has 3 rings (SSSR count). The van der Waals surface area contributed by atoms with Gasteiger partial charge in [0.15, 0.2) is 6.61 Å². The van der Waals surface area contributed by atoms with E-state index in [1.165, 1.54) is 0 Å². The summed E-state index contributed by atoms with van der Waals surface area (Å²) in [5, 5.41) is 2.93. The highest BCUT2D eigenvalue weighted by Gasteiger charge is 2.49. The van der Waals surface area contributed by atoms with Gasteiger partial charge in [0.2, 0.25) is 5.91 Å². The number of benzene rings is 1. The predicted octanol–water partition coefficient (Wildman–Crippen LogP) is 1.28. The zero-order valence-corrected chi connectivity index (χ0v) is 13.6. The molecule has 2 aliphatic carbocycles. The van der Waals surface area contributed by atoms with Crippen LogP contribution in [0.15, 0.2) is 24.3 Å². The Labute approximate surface area is 141 Å². The molecule has 0 spiro atoms. The highest BCUT2D eigenvalue weighted by molar-refractivity contribution is 5.93. The number of nitrogens with two attached hydrogens (primary N) is 2. The fourth-order valence-corrected chi connectivity index (χ4v) is 3.74. The lowest BCUT2D eigenvalue weighted by atomic mass is 9.84. The molecule has 7 heteroatoms. The molecule has 2 bridgehead atoms. The second-order valence-electron chi connectivity index (χ2n) is 6.20. The van der Waals surface area contributed by atoms with Crippen LogP contribution in [0.1, 0.15) is 19.3 Å². The maximum Gasteiger partial charge on any atom is 0.255 e. The van der Waals surface area contributed by atoms with E-state index < -0.39 is 5.91 Å². The molecule has 0 aromatic heterocycles. The van der Waals surface area contributed by atoms with Crippen LogP contribution in [0.4, 0.5) is 5.69 Å². The van der Waals surface area contributed by atoms with Crippen molar-refractivity contribution in [2.24, 2.45) is 29.2 Å². The summed E-state index contributed by atoms with van der Waals surface area (Å²) >= 11 is 0. The average molecular weight is 340 g/mol. The predicted molar refractivity (Wildman–Crippen MR) is 89.3 cm³/mol. The molecule has 0 heterocycles. The maximum atomic E-state index is 12.4. The Bertz CT molecular complexity index is 576. The summed E-state index contributed by atoms with van der Waals surface area (Å²) in [7, 11) is 0. The Balaban J connectivity index is 0.00000192. The van der Waals surface area contributed by atoms with E-state index in [1.807, 2.05) is 0 Å². The number of carbonyl (C=O) groups excluding carboxylic acids is 2. The fourth-order valence-electron chi connectivity index (χ4n) is 3.74. The van der Waals surface area contributed by atoms with Gasteiger partial charge in [-0.3, -0.25) is 9.59 Å². The number of halogens is 1. The van der Waals surface area contributed by atoms with Gasteiger partial charge in [0, 0.05) is 11.7 Å². The third kappa shape index (κ3) is 3.76. The molecule has 6 nitrogen and oxygen atoms in total. The molecule has 4 unspecified atom stereocenters. The fraction of sp³-hybridized carbons (Fsp3) is 0.500. The molecule has 2 saturated carbocycles. The van der Waals surface area contributed by atoms with Crippen LogP contribution in [-0.2, 0) is 9.59 Å².